The van der Waals surface area contributed by atoms with Gasteiger partial charge in [0.1, 0.15) is 5.69 Å². The number of aromatic nitrogens is 2. The van der Waals surface area contributed by atoms with Crippen molar-refractivity contribution in [2.45, 2.75) is 51.2 Å². The van der Waals surface area contributed by atoms with E-state index >= 15 is 0 Å². The average molecular weight is 352 g/mol. The minimum atomic E-state index is -0.167. The summed E-state index contributed by atoms with van der Waals surface area (Å²) in [4.78, 5) is 27.3. The van der Waals surface area contributed by atoms with E-state index in [1.54, 1.807) is 10.7 Å². The van der Waals surface area contributed by atoms with Crippen molar-refractivity contribution in [2.75, 3.05) is 6.54 Å². The number of fused-ring (bicyclic) bond motifs is 1. The number of nitrogens with zero attached hydrogens (tertiary/aromatic N) is 3. The molecule has 1 aromatic heterocycles. The molecule has 0 radical (unpaired) electrons. The third-order valence-corrected chi connectivity index (χ3v) is 5.22. The van der Waals surface area contributed by atoms with Gasteiger partial charge in [0.15, 0.2) is 5.69 Å². The number of carbonyl (C=O) groups excluding carboxylic acids is 2. The van der Waals surface area contributed by atoms with Crippen LogP contribution in [0.2, 0.25) is 0 Å². The molecule has 0 saturated heterocycles. The number of carbonyl (C=O) groups is 2. The molecule has 1 N–H and O–H groups in total. The summed E-state index contributed by atoms with van der Waals surface area (Å²) in [7, 11) is 0. The number of hydrogen-bond acceptors (Lipinski definition) is 3. The lowest BCUT2D eigenvalue weighted by Crippen LogP contribution is -2.33. The molecule has 4 rings (SSSR count). The number of amides is 2. The van der Waals surface area contributed by atoms with E-state index in [2.05, 4.69) is 10.4 Å². The molecule has 0 spiro atoms. The molecule has 2 aliphatic rings. The van der Waals surface area contributed by atoms with Crippen molar-refractivity contribution in [1.82, 2.24) is 20.0 Å². The van der Waals surface area contributed by atoms with Crippen molar-refractivity contribution in [3.63, 3.8) is 0 Å². The predicted molar refractivity (Wildman–Crippen MR) is 97.7 cm³/mol. The molecule has 136 valence electrons. The van der Waals surface area contributed by atoms with E-state index in [9.17, 15) is 9.59 Å². The second kappa shape index (κ2) is 7.32. The maximum absolute atomic E-state index is 13.0. The largest absolute Gasteiger partial charge is 0.348 e. The normalized spacial score (nSPS) is 17.8. The van der Waals surface area contributed by atoms with Crippen molar-refractivity contribution in [3.8, 4) is 0 Å². The van der Waals surface area contributed by atoms with Crippen LogP contribution in [-0.2, 0) is 13.1 Å². The van der Waals surface area contributed by atoms with Gasteiger partial charge in [-0.05, 0) is 24.8 Å². The molecule has 1 aliphatic carbocycles. The molecular weight excluding hydrogens is 328 g/mol. The van der Waals surface area contributed by atoms with E-state index in [1.807, 2.05) is 35.2 Å². The van der Waals surface area contributed by atoms with Crippen molar-refractivity contribution >= 4 is 11.8 Å². The predicted octanol–water partition coefficient (Wildman–Crippen LogP) is 2.60. The van der Waals surface area contributed by atoms with Gasteiger partial charge in [0.25, 0.3) is 11.8 Å². The van der Waals surface area contributed by atoms with E-state index in [-0.39, 0.29) is 17.9 Å². The summed E-state index contributed by atoms with van der Waals surface area (Å²) < 4.78 is 1.69. The Kier molecular flexibility index (Phi) is 4.73. The zero-order chi connectivity index (χ0) is 17.9. The Bertz CT molecular complexity index is 793. The minimum Gasteiger partial charge on any atom is -0.348 e. The fraction of sp³-hybridized carbons (Fsp3) is 0.450. The smallest absolute Gasteiger partial charge is 0.272 e. The fourth-order valence-electron chi connectivity index (χ4n) is 3.83. The van der Waals surface area contributed by atoms with Gasteiger partial charge in [-0.1, -0.05) is 43.2 Å². The molecule has 1 saturated carbocycles. The minimum absolute atomic E-state index is 0.0567. The quantitative estimate of drug-likeness (QED) is 0.920. The van der Waals surface area contributed by atoms with E-state index in [0.29, 0.717) is 31.0 Å². The highest BCUT2D eigenvalue weighted by molar-refractivity contribution is 5.98. The first-order chi connectivity index (χ1) is 12.7. The summed E-state index contributed by atoms with van der Waals surface area (Å²) in [6, 6.07) is 11.9. The number of nitrogens with one attached hydrogen (secondary N) is 1. The third-order valence-electron chi connectivity index (χ3n) is 5.22. The molecule has 1 aromatic carbocycles. The van der Waals surface area contributed by atoms with Gasteiger partial charge in [0.05, 0.1) is 0 Å². The Morgan fingerprint density at radius 2 is 1.88 bits per heavy atom. The van der Waals surface area contributed by atoms with Crippen molar-refractivity contribution in [1.29, 1.82) is 0 Å². The van der Waals surface area contributed by atoms with Crippen LogP contribution in [0.5, 0.6) is 0 Å². The van der Waals surface area contributed by atoms with Gasteiger partial charge in [-0.25, -0.2) is 0 Å². The van der Waals surface area contributed by atoms with Gasteiger partial charge in [-0.2, -0.15) is 5.10 Å². The molecule has 1 fully saturated rings. The molecule has 26 heavy (non-hydrogen) atoms. The van der Waals surface area contributed by atoms with Crippen LogP contribution in [0.25, 0.3) is 0 Å². The Hall–Kier alpha value is -2.63. The van der Waals surface area contributed by atoms with E-state index < -0.39 is 0 Å². The van der Waals surface area contributed by atoms with Gasteiger partial charge in [-0.15, -0.1) is 0 Å². The summed E-state index contributed by atoms with van der Waals surface area (Å²) >= 11 is 0. The van der Waals surface area contributed by atoms with Crippen LogP contribution in [0, 0.1) is 0 Å². The number of aryl methyl sites for hydroxylation is 1. The fourth-order valence-corrected chi connectivity index (χ4v) is 3.83. The first kappa shape index (κ1) is 16.8. The first-order valence-corrected chi connectivity index (χ1v) is 9.42. The number of hydrogen-bond donors (Lipinski definition) is 1. The summed E-state index contributed by atoms with van der Waals surface area (Å²) in [6.07, 6.45) is 5.22. The Balaban J connectivity index is 1.51. The molecule has 0 bridgehead atoms. The maximum atomic E-state index is 13.0. The van der Waals surface area contributed by atoms with Crippen molar-refractivity contribution in [2.24, 2.45) is 0 Å². The molecule has 6 nitrogen and oxygen atoms in total. The lowest BCUT2D eigenvalue weighted by atomic mass is 10.2. The van der Waals surface area contributed by atoms with Gasteiger partial charge in [-0.3, -0.25) is 14.3 Å². The lowest BCUT2D eigenvalue weighted by molar-refractivity contribution is 0.0745. The van der Waals surface area contributed by atoms with Crippen LogP contribution in [0.15, 0.2) is 36.4 Å². The van der Waals surface area contributed by atoms with Crippen molar-refractivity contribution < 1.29 is 9.59 Å². The molecule has 2 amide bonds. The summed E-state index contributed by atoms with van der Waals surface area (Å²) in [5.74, 6) is -0.223. The topological polar surface area (TPSA) is 67.2 Å². The molecule has 0 unspecified atom stereocenters. The monoisotopic (exact) mass is 352 g/mol. The molecule has 1 aliphatic heterocycles. The maximum Gasteiger partial charge on any atom is 0.272 e. The van der Waals surface area contributed by atoms with Crippen LogP contribution in [0.4, 0.5) is 0 Å². The van der Waals surface area contributed by atoms with E-state index in [4.69, 9.17) is 0 Å². The van der Waals surface area contributed by atoms with Gasteiger partial charge in [0.2, 0.25) is 0 Å². The number of rotatable bonds is 4. The summed E-state index contributed by atoms with van der Waals surface area (Å²) in [6.45, 7) is 1.93. The second-order valence-corrected chi connectivity index (χ2v) is 7.16. The Morgan fingerprint density at radius 1 is 1.12 bits per heavy atom. The van der Waals surface area contributed by atoms with Gasteiger partial charge < -0.3 is 10.2 Å². The van der Waals surface area contributed by atoms with Gasteiger partial charge in [0, 0.05) is 31.7 Å². The summed E-state index contributed by atoms with van der Waals surface area (Å²) in [5, 5.41) is 7.45. The Labute approximate surface area is 153 Å². The molecule has 6 heteroatoms. The van der Waals surface area contributed by atoms with Crippen LogP contribution in [-0.4, -0.2) is 39.1 Å². The second-order valence-electron chi connectivity index (χ2n) is 7.16. The lowest BCUT2D eigenvalue weighted by Gasteiger charge is -2.20. The molecule has 2 heterocycles. The number of benzene rings is 1. The molecular formula is C20H24N4O2. The van der Waals surface area contributed by atoms with Crippen LogP contribution >= 0.6 is 0 Å². The molecule has 0 atom stereocenters. The SMILES string of the molecule is O=C(NC1CCCC1)c1cc2n(n1)CCCN(Cc1ccccc1)C2=O. The standard InChI is InChI=1S/C20H24N4O2/c25-19(21-16-9-4-5-10-16)17-13-18-20(26)23(11-6-12-24(18)22-17)14-15-7-2-1-3-8-15/h1-3,7-8,13,16H,4-6,9-12,14H2,(H,21,25). The van der Waals surface area contributed by atoms with E-state index in [1.165, 1.54) is 0 Å². The highest BCUT2D eigenvalue weighted by Gasteiger charge is 2.27. The van der Waals surface area contributed by atoms with Crippen LogP contribution in [0.1, 0.15) is 58.6 Å². The molecule has 2 aromatic rings. The average Bonchev–Trinajstić information content (AvgIpc) is 3.28. The highest BCUT2D eigenvalue weighted by Crippen LogP contribution is 2.19. The van der Waals surface area contributed by atoms with E-state index in [0.717, 1.165) is 37.7 Å². The zero-order valence-electron chi connectivity index (χ0n) is 14.9. The first-order valence-electron chi connectivity index (χ1n) is 9.42. The van der Waals surface area contributed by atoms with Gasteiger partial charge >= 0.3 is 0 Å². The van der Waals surface area contributed by atoms with Crippen molar-refractivity contribution in [3.05, 3.63) is 53.3 Å². The zero-order valence-corrected chi connectivity index (χ0v) is 14.9. The van der Waals surface area contributed by atoms with Crippen LogP contribution < -0.4 is 5.32 Å². The highest BCUT2D eigenvalue weighted by atomic mass is 16.2. The van der Waals surface area contributed by atoms with Crippen LogP contribution in [0.3, 0.4) is 0 Å². The summed E-state index contributed by atoms with van der Waals surface area (Å²) in [5.41, 5.74) is 1.96. The third kappa shape index (κ3) is 3.49. The Morgan fingerprint density at radius 3 is 2.65 bits per heavy atom.